The second-order valence-corrected chi connectivity index (χ2v) is 9.55. The average Bonchev–Trinajstić information content (AvgIpc) is 3.48. The van der Waals surface area contributed by atoms with Gasteiger partial charge in [0, 0.05) is 19.1 Å². The summed E-state index contributed by atoms with van der Waals surface area (Å²) in [7, 11) is 0. The quantitative estimate of drug-likeness (QED) is 0.520. The summed E-state index contributed by atoms with van der Waals surface area (Å²) in [6, 6.07) is 4.04. The van der Waals surface area contributed by atoms with Gasteiger partial charge in [-0.15, -0.1) is 0 Å². The minimum Gasteiger partial charge on any atom is -0.389 e. The number of amides is 1. The van der Waals surface area contributed by atoms with Crippen LogP contribution in [0.5, 0.6) is 0 Å². The zero-order valence-corrected chi connectivity index (χ0v) is 18.7. The zero-order valence-electron chi connectivity index (χ0n) is 17.9. The number of nitrogen functional groups attached to an aromatic ring is 1. The van der Waals surface area contributed by atoms with E-state index in [1.54, 1.807) is 6.20 Å². The van der Waals surface area contributed by atoms with Crippen LogP contribution in [0, 0.1) is 11.6 Å². The minimum absolute atomic E-state index is 0.0173. The molecule has 2 aliphatic rings. The molecule has 0 bridgehead atoms. The molecule has 1 atom stereocenters. The normalized spacial score (nSPS) is 18.9. The third kappa shape index (κ3) is 4.30. The van der Waals surface area contributed by atoms with Gasteiger partial charge in [-0.3, -0.25) is 4.79 Å². The number of hydrogen-bond donors (Lipinski definition) is 3. The fourth-order valence-corrected chi connectivity index (χ4v) is 5.04. The number of halogens is 2. The lowest BCUT2D eigenvalue weighted by Crippen LogP contribution is -2.29. The predicted molar refractivity (Wildman–Crippen MR) is 124 cm³/mol. The molecule has 11 heteroatoms. The molecule has 2 aromatic heterocycles. The Morgan fingerprint density at radius 2 is 1.91 bits per heavy atom. The Bertz CT molecular complexity index is 1170. The van der Waals surface area contributed by atoms with E-state index in [2.05, 4.69) is 20.3 Å². The van der Waals surface area contributed by atoms with Crippen molar-refractivity contribution in [2.75, 3.05) is 29.0 Å². The summed E-state index contributed by atoms with van der Waals surface area (Å²) in [6.07, 6.45) is 6.51. The van der Waals surface area contributed by atoms with E-state index in [1.165, 1.54) is 6.07 Å². The summed E-state index contributed by atoms with van der Waals surface area (Å²) in [4.78, 5) is 19.5. The summed E-state index contributed by atoms with van der Waals surface area (Å²) in [5.74, 6) is -1.21. The van der Waals surface area contributed by atoms with Crippen molar-refractivity contribution in [3.8, 4) is 10.6 Å². The fourth-order valence-electron chi connectivity index (χ4n) is 4.16. The molecule has 8 nitrogen and oxygen atoms in total. The van der Waals surface area contributed by atoms with Crippen molar-refractivity contribution in [2.24, 2.45) is 5.73 Å². The first-order valence-corrected chi connectivity index (χ1v) is 11.8. The van der Waals surface area contributed by atoms with Crippen LogP contribution in [-0.2, 0) is 0 Å². The second-order valence-electron chi connectivity index (χ2n) is 8.52. The average molecular weight is 474 g/mol. The number of nitrogens with one attached hydrogen (secondary N) is 1. The van der Waals surface area contributed by atoms with Gasteiger partial charge in [-0.25, -0.2) is 18.4 Å². The van der Waals surface area contributed by atoms with Crippen LogP contribution in [0.4, 0.5) is 25.3 Å². The van der Waals surface area contributed by atoms with Crippen LogP contribution in [0.15, 0.2) is 24.4 Å². The zero-order chi connectivity index (χ0) is 23.1. The Kier molecular flexibility index (Phi) is 5.75. The van der Waals surface area contributed by atoms with E-state index in [9.17, 15) is 13.6 Å². The van der Waals surface area contributed by atoms with Gasteiger partial charge in [-0.05, 0) is 44.2 Å². The highest BCUT2D eigenvalue weighted by atomic mass is 32.1. The van der Waals surface area contributed by atoms with Gasteiger partial charge in [0.2, 0.25) is 0 Å². The van der Waals surface area contributed by atoms with Crippen LogP contribution in [0.2, 0.25) is 0 Å². The molecule has 5 N–H and O–H groups in total. The van der Waals surface area contributed by atoms with Crippen molar-refractivity contribution >= 4 is 33.8 Å². The molecule has 1 saturated heterocycles. The number of nitrogens with zero attached hydrogens (tertiary/aromatic N) is 4. The van der Waals surface area contributed by atoms with Gasteiger partial charge in [0.1, 0.15) is 27.3 Å². The number of rotatable bonds is 5. The van der Waals surface area contributed by atoms with Crippen LogP contribution in [-0.4, -0.2) is 39.8 Å². The van der Waals surface area contributed by atoms with E-state index in [1.807, 2.05) is 4.68 Å². The van der Waals surface area contributed by atoms with Crippen molar-refractivity contribution in [3.05, 3.63) is 41.7 Å². The number of carbonyl (C=O) groups excluding carboxylic acids is 1. The first kappa shape index (κ1) is 21.8. The van der Waals surface area contributed by atoms with Crippen LogP contribution >= 0.6 is 11.3 Å². The Balaban J connectivity index is 1.43. The number of hydrogen-bond acceptors (Lipinski definition) is 7. The molecule has 3 aromatic rings. The molecule has 1 unspecified atom stereocenters. The van der Waals surface area contributed by atoms with Crippen LogP contribution in [0.25, 0.3) is 10.6 Å². The highest BCUT2D eigenvalue weighted by Crippen LogP contribution is 2.41. The van der Waals surface area contributed by atoms with E-state index in [-0.39, 0.29) is 27.3 Å². The van der Waals surface area contributed by atoms with Gasteiger partial charge >= 0.3 is 0 Å². The Morgan fingerprint density at radius 1 is 1.15 bits per heavy atom. The minimum atomic E-state index is -0.761. The molecule has 1 aromatic carbocycles. The number of benzene rings is 1. The molecule has 1 amide bonds. The van der Waals surface area contributed by atoms with Crippen LogP contribution in [0.1, 0.15) is 48.6 Å². The Labute approximate surface area is 193 Å². The first-order valence-electron chi connectivity index (χ1n) is 11.0. The van der Waals surface area contributed by atoms with Gasteiger partial charge in [-0.2, -0.15) is 5.10 Å². The van der Waals surface area contributed by atoms with Crippen molar-refractivity contribution in [2.45, 2.75) is 44.2 Å². The van der Waals surface area contributed by atoms with E-state index < -0.39 is 17.5 Å². The summed E-state index contributed by atoms with van der Waals surface area (Å²) < 4.78 is 30.3. The molecule has 3 heterocycles. The van der Waals surface area contributed by atoms with Crippen LogP contribution in [0.3, 0.4) is 0 Å². The summed E-state index contributed by atoms with van der Waals surface area (Å²) in [5.41, 5.74) is 12.4. The maximum atomic E-state index is 14.2. The summed E-state index contributed by atoms with van der Waals surface area (Å²) in [6.45, 7) is 1.60. The third-order valence-corrected chi connectivity index (χ3v) is 6.93. The largest absolute Gasteiger partial charge is 0.389 e. The van der Waals surface area contributed by atoms with E-state index >= 15 is 0 Å². The van der Waals surface area contributed by atoms with Gasteiger partial charge in [0.15, 0.2) is 11.5 Å². The SMILES string of the molecule is Nc1sc(-c2c(F)cccc2F)nc1C(=O)Nc1cnn(C2CC2)c1N1CCCC(N)CC1. The number of carbonyl (C=O) groups is 1. The lowest BCUT2D eigenvalue weighted by molar-refractivity contribution is 0.102. The van der Waals surface area contributed by atoms with Crippen molar-refractivity contribution in [3.63, 3.8) is 0 Å². The summed E-state index contributed by atoms with van der Waals surface area (Å²) in [5, 5.41) is 7.51. The number of thiazole rings is 1. The molecule has 1 saturated carbocycles. The Morgan fingerprint density at radius 3 is 2.64 bits per heavy atom. The smallest absolute Gasteiger partial charge is 0.277 e. The van der Waals surface area contributed by atoms with Crippen molar-refractivity contribution in [1.82, 2.24) is 14.8 Å². The maximum Gasteiger partial charge on any atom is 0.277 e. The van der Waals surface area contributed by atoms with E-state index in [0.717, 1.165) is 74.5 Å². The van der Waals surface area contributed by atoms with Gasteiger partial charge < -0.3 is 21.7 Å². The molecule has 0 radical (unpaired) electrons. The topological polar surface area (TPSA) is 115 Å². The highest BCUT2D eigenvalue weighted by Gasteiger charge is 2.32. The van der Waals surface area contributed by atoms with Crippen LogP contribution < -0.4 is 21.7 Å². The number of aromatic nitrogens is 3. The number of nitrogens with two attached hydrogens (primary N) is 2. The molecule has 5 rings (SSSR count). The highest BCUT2D eigenvalue weighted by molar-refractivity contribution is 7.19. The predicted octanol–water partition coefficient (Wildman–Crippen LogP) is 3.77. The summed E-state index contributed by atoms with van der Waals surface area (Å²) >= 11 is 0.871. The molecule has 2 fully saturated rings. The van der Waals surface area contributed by atoms with Gasteiger partial charge in [0.05, 0.1) is 17.8 Å². The lowest BCUT2D eigenvalue weighted by atomic mass is 10.1. The molecule has 1 aliphatic heterocycles. The number of anilines is 3. The first-order chi connectivity index (χ1) is 15.9. The standard InChI is InChI=1S/C22H25F2N7OS/c23-14-4-1-5-15(24)17(14)21-29-18(19(26)33-21)20(32)28-16-11-27-31(13-6-7-13)22(16)30-9-2-3-12(25)8-10-30/h1,4-5,11-13H,2-3,6-10,25-26H2,(H,28,32). The van der Waals surface area contributed by atoms with E-state index in [0.29, 0.717) is 11.7 Å². The molecule has 1 aliphatic carbocycles. The maximum absolute atomic E-state index is 14.2. The lowest BCUT2D eigenvalue weighted by Gasteiger charge is -2.25. The second kappa shape index (κ2) is 8.71. The van der Waals surface area contributed by atoms with Gasteiger partial charge in [-0.1, -0.05) is 17.4 Å². The Hall–Kier alpha value is -3.05. The monoisotopic (exact) mass is 473 g/mol. The van der Waals surface area contributed by atoms with Crippen molar-refractivity contribution < 1.29 is 13.6 Å². The van der Waals surface area contributed by atoms with Crippen molar-refractivity contribution in [1.29, 1.82) is 0 Å². The van der Waals surface area contributed by atoms with Gasteiger partial charge in [0.25, 0.3) is 5.91 Å². The molecular weight excluding hydrogens is 448 g/mol. The third-order valence-electron chi connectivity index (χ3n) is 6.03. The molecular formula is C22H25F2N7OS. The fraction of sp³-hybridized carbons (Fsp3) is 0.409. The molecule has 33 heavy (non-hydrogen) atoms. The molecule has 0 spiro atoms. The van der Waals surface area contributed by atoms with E-state index in [4.69, 9.17) is 11.5 Å². The molecule has 174 valence electrons.